The second-order valence-corrected chi connectivity index (χ2v) is 9.22. The monoisotopic (exact) mass is 438 g/mol. The summed E-state index contributed by atoms with van der Waals surface area (Å²) in [6.45, 7) is 4.21. The van der Waals surface area contributed by atoms with Crippen molar-refractivity contribution in [3.05, 3.63) is 76.3 Å². The zero-order chi connectivity index (χ0) is 23.3. The highest BCUT2D eigenvalue weighted by Gasteiger charge is 2.45. The van der Waals surface area contributed by atoms with Gasteiger partial charge in [-0.1, -0.05) is 32.0 Å². The highest BCUT2D eigenvalue weighted by Crippen LogP contribution is 2.51. The topological polar surface area (TPSA) is 112 Å². The summed E-state index contributed by atoms with van der Waals surface area (Å²) in [5.41, 5.74) is 9.63. The zero-order valence-electron chi connectivity index (χ0n) is 18.4. The molecule has 0 fully saturated rings. The molecule has 0 radical (unpaired) electrons. The quantitative estimate of drug-likeness (QED) is 0.747. The highest BCUT2D eigenvalue weighted by molar-refractivity contribution is 6.02. The van der Waals surface area contributed by atoms with Crippen LogP contribution in [0.1, 0.15) is 43.7 Å². The molecule has 2 aromatic rings. The average molecular weight is 438 g/mol. The molecule has 2 N–H and O–H groups in total. The van der Waals surface area contributed by atoms with Crippen molar-refractivity contribution in [2.45, 2.75) is 32.6 Å². The first-order valence-electron chi connectivity index (χ1n) is 10.7. The van der Waals surface area contributed by atoms with E-state index in [-0.39, 0.29) is 29.4 Å². The van der Waals surface area contributed by atoms with E-state index in [1.807, 2.05) is 32.0 Å². The van der Waals surface area contributed by atoms with Gasteiger partial charge in [0.15, 0.2) is 17.3 Å². The molecule has 0 bridgehead atoms. The standard InChI is InChI=1S/C26H22N4O3/c1-26(2)10-19-24(20(31)11-26)23(15-7-8-21-22(9-15)33-14-32-21)17(13-28)25(29)30(19)18-6-4-3-5-16(18)12-27/h3-9,23H,10-11,14,29H2,1-2H3/t23-/m1/s1. The molecule has 3 aliphatic rings. The zero-order valence-corrected chi connectivity index (χ0v) is 18.4. The van der Waals surface area contributed by atoms with E-state index < -0.39 is 5.92 Å². The van der Waals surface area contributed by atoms with Crippen molar-refractivity contribution in [1.29, 1.82) is 10.5 Å². The number of nitrogens with zero attached hydrogens (tertiary/aromatic N) is 3. The summed E-state index contributed by atoms with van der Waals surface area (Å²) in [7, 11) is 0. The number of nitrogens with two attached hydrogens (primary N) is 1. The van der Waals surface area contributed by atoms with Crippen LogP contribution in [0.2, 0.25) is 0 Å². The maximum Gasteiger partial charge on any atom is 0.231 e. The van der Waals surface area contributed by atoms with E-state index in [0.717, 1.165) is 11.3 Å². The molecule has 2 heterocycles. The van der Waals surface area contributed by atoms with Crippen LogP contribution in [0, 0.1) is 28.1 Å². The Morgan fingerprint density at radius 1 is 1.06 bits per heavy atom. The van der Waals surface area contributed by atoms with Crippen molar-refractivity contribution in [3.8, 4) is 23.6 Å². The summed E-state index contributed by atoms with van der Waals surface area (Å²) in [5, 5.41) is 19.9. The molecule has 2 aliphatic heterocycles. The predicted octanol–water partition coefficient (Wildman–Crippen LogP) is 4.23. The second-order valence-electron chi connectivity index (χ2n) is 9.22. The summed E-state index contributed by atoms with van der Waals surface area (Å²) >= 11 is 0. The largest absolute Gasteiger partial charge is 0.454 e. The molecule has 5 rings (SSSR count). The van der Waals surface area contributed by atoms with Gasteiger partial charge in [-0.05, 0) is 41.7 Å². The van der Waals surface area contributed by atoms with Crippen LogP contribution in [-0.4, -0.2) is 12.6 Å². The number of ether oxygens (including phenoxy) is 2. The van der Waals surface area contributed by atoms with Gasteiger partial charge in [0.05, 0.1) is 28.8 Å². The third-order valence-corrected chi connectivity index (χ3v) is 6.38. The van der Waals surface area contributed by atoms with Crippen LogP contribution in [0.3, 0.4) is 0 Å². The van der Waals surface area contributed by atoms with Crippen LogP contribution < -0.4 is 20.1 Å². The number of anilines is 1. The van der Waals surface area contributed by atoms with E-state index in [1.165, 1.54) is 0 Å². The Labute approximate surface area is 191 Å². The first kappa shape index (κ1) is 20.7. The van der Waals surface area contributed by atoms with Gasteiger partial charge in [-0.3, -0.25) is 9.69 Å². The number of ketones is 1. The lowest BCUT2D eigenvalue weighted by Gasteiger charge is -2.44. The molecule has 7 nitrogen and oxygen atoms in total. The lowest BCUT2D eigenvalue weighted by molar-refractivity contribution is -0.118. The molecule has 0 aromatic heterocycles. The van der Waals surface area contributed by atoms with E-state index >= 15 is 0 Å². The predicted molar refractivity (Wildman–Crippen MR) is 121 cm³/mol. The number of carbonyl (C=O) groups excluding carboxylic acids is 1. The number of rotatable bonds is 2. The molecule has 33 heavy (non-hydrogen) atoms. The summed E-state index contributed by atoms with van der Waals surface area (Å²) in [6, 6.07) is 17.0. The number of fused-ring (bicyclic) bond motifs is 1. The van der Waals surface area contributed by atoms with Crippen molar-refractivity contribution in [1.82, 2.24) is 0 Å². The summed E-state index contributed by atoms with van der Waals surface area (Å²) in [6.07, 6.45) is 0.938. The molecule has 164 valence electrons. The maximum atomic E-state index is 13.6. The minimum Gasteiger partial charge on any atom is -0.454 e. The summed E-state index contributed by atoms with van der Waals surface area (Å²) in [4.78, 5) is 15.3. The Balaban J connectivity index is 1.78. The Morgan fingerprint density at radius 3 is 2.58 bits per heavy atom. The van der Waals surface area contributed by atoms with Gasteiger partial charge in [-0.15, -0.1) is 0 Å². The molecule has 0 saturated heterocycles. The number of carbonyl (C=O) groups is 1. The Morgan fingerprint density at radius 2 is 1.82 bits per heavy atom. The van der Waals surface area contributed by atoms with Gasteiger partial charge in [-0.25, -0.2) is 0 Å². The molecular weight excluding hydrogens is 416 g/mol. The van der Waals surface area contributed by atoms with Crippen LogP contribution in [0.5, 0.6) is 11.5 Å². The third kappa shape index (κ3) is 3.21. The molecule has 1 aliphatic carbocycles. The van der Waals surface area contributed by atoms with E-state index in [2.05, 4.69) is 12.1 Å². The van der Waals surface area contributed by atoms with Crippen molar-refractivity contribution in [3.63, 3.8) is 0 Å². The van der Waals surface area contributed by atoms with E-state index in [4.69, 9.17) is 15.2 Å². The van der Waals surface area contributed by atoms with Crippen LogP contribution >= 0.6 is 0 Å². The van der Waals surface area contributed by atoms with Gasteiger partial charge in [0, 0.05) is 17.7 Å². The van der Waals surface area contributed by atoms with Gasteiger partial charge in [0.1, 0.15) is 11.9 Å². The number of hydrogen-bond donors (Lipinski definition) is 1. The van der Waals surface area contributed by atoms with Crippen LogP contribution in [-0.2, 0) is 4.79 Å². The fourth-order valence-corrected chi connectivity index (χ4v) is 4.97. The van der Waals surface area contributed by atoms with Gasteiger partial charge < -0.3 is 15.2 Å². The lowest BCUT2D eigenvalue weighted by Crippen LogP contribution is -2.42. The number of nitriles is 2. The normalized spacial score (nSPS) is 20.9. The van der Waals surface area contributed by atoms with Gasteiger partial charge in [0.2, 0.25) is 6.79 Å². The first-order valence-corrected chi connectivity index (χ1v) is 10.7. The third-order valence-electron chi connectivity index (χ3n) is 6.38. The highest BCUT2D eigenvalue weighted by atomic mass is 16.7. The van der Waals surface area contributed by atoms with Crippen LogP contribution in [0.4, 0.5) is 5.69 Å². The average Bonchev–Trinajstić information content (AvgIpc) is 3.25. The molecule has 0 saturated carbocycles. The number of benzene rings is 2. The van der Waals surface area contributed by atoms with Crippen molar-refractivity contribution in [2.24, 2.45) is 11.1 Å². The fourth-order valence-electron chi connectivity index (χ4n) is 4.97. The van der Waals surface area contributed by atoms with Crippen LogP contribution in [0.15, 0.2) is 65.1 Å². The number of hydrogen-bond acceptors (Lipinski definition) is 7. The summed E-state index contributed by atoms with van der Waals surface area (Å²) < 4.78 is 11.0. The van der Waals surface area contributed by atoms with Gasteiger partial charge in [0.25, 0.3) is 0 Å². The van der Waals surface area contributed by atoms with E-state index in [0.29, 0.717) is 41.2 Å². The van der Waals surface area contributed by atoms with Crippen molar-refractivity contribution >= 4 is 11.5 Å². The van der Waals surface area contributed by atoms with E-state index in [9.17, 15) is 15.3 Å². The van der Waals surface area contributed by atoms with E-state index in [1.54, 1.807) is 29.2 Å². The van der Waals surface area contributed by atoms with Crippen LogP contribution in [0.25, 0.3) is 0 Å². The minimum absolute atomic E-state index is 0.0244. The van der Waals surface area contributed by atoms with Gasteiger partial charge in [-0.2, -0.15) is 10.5 Å². The molecule has 0 amide bonds. The second kappa shape index (κ2) is 7.43. The lowest BCUT2D eigenvalue weighted by atomic mass is 9.68. The Kier molecular flexibility index (Phi) is 4.65. The summed E-state index contributed by atoms with van der Waals surface area (Å²) in [5.74, 6) is 0.788. The van der Waals surface area contributed by atoms with Gasteiger partial charge >= 0.3 is 0 Å². The number of Topliss-reactive ketones (excluding diaryl/α,β-unsaturated/α-hetero) is 1. The smallest absolute Gasteiger partial charge is 0.231 e. The molecule has 1 atom stereocenters. The molecule has 0 unspecified atom stereocenters. The molecule has 2 aromatic carbocycles. The molecule has 0 spiro atoms. The molecule has 7 heteroatoms. The maximum absolute atomic E-state index is 13.6. The first-order chi connectivity index (χ1) is 15.8. The van der Waals surface area contributed by atoms with Crippen molar-refractivity contribution < 1.29 is 14.3 Å². The number of para-hydroxylation sites is 1. The molecular formula is C26H22N4O3. The SMILES string of the molecule is CC1(C)CC(=O)C2=C(C1)N(c1ccccc1C#N)C(N)=C(C#N)[C@H]2c1ccc2c(c1)OCO2. The number of allylic oxidation sites excluding steroid dienone is 3. The van der Waals surface area contributed by atoms with Crippen molar-refractivity contribution in [2.75, 3.05) is 11.7 Å². The Bertz CT molecular complexity index is 1340. The fraction of sp³-hybridized carbons (Fsp3) is 0.269. The Hall–Kier alpha value is -4.23. The minimum atomic E-state index is -0.617.